The summed E-state index contributed by atoms with van der Waals surface area (Å²) in [6, 6.07) is 11.2. The van der Waals surface area contributed by atoms with E-state index < -0.39 is 0 Å². The van der Waals surface area contributed by atoms with E-state index in [9.17, 15) is 4.79 Å². The number of aliphatic imine (C=N–C) groups is 1. The van der Waals surface area contributed by atoms with Crippen LogP contribution in [-0.4, -0.2) is 49.0 Å². The Morgan fingerprint density at radius 1 is 1.24 bits per heavy atom. The van der Waals surface area contributed by atoms with Crippen LogP contribution in [0.15, 0.2) is 35.3 Å². The van der Waals surface area contributed by atoms with Crippen LogP contribution < -0.4 is 10.6 Å². The summed E-state index contributed by atoms with van der Waals surface area (Å²) in [5, 5.41) is 6.35. The summed E-state index contributed by atoms with van der Waals surface area (Å²) in [4.78, 5) is 18.8. The Labute approximate surface area is 150 Å². The first-order chi connectivity index (χ1) is 12.2. The highest BCUT2D eigenvalue weighted by Gasteiger charge is 2.29. The van der Waals surface area contributed by atoms with Crippen LogP contribution in [0.3, 0.4) is 0 Å². The van der Waals surface area contributed by atoms with Crippen LogP contribution >= 0.6 is 0 Å². The molecule has 0 aromatic heterocycles. The van der Waals surface area contributed by atoms with Gasteiger partial charge in [0.15, 0.2) is 5.96 Å². The normalized spacial score (nSPS) is 24.1. The number of piperidine rings is 1. The second-order valence-corrected chi connectivity index (χ2v) is 7.24. The lowest BCUT2D eigenvalue weighted by Gasteiger charge is -2.39. The molecule has 2 aliphatic rings. The third kappa shape index (κ3) is 4.97. The van der Waals surface area contributed by atoms with Gasteiger partial charge in [-0.2, -0.15) is 0 Å². The number of rotatable bonds is 5. The largest absolute Gasteiger partial charge is 0.357 e. The second kappa shape index (κ2) is 8.37. The van der Waals surface area contributed by atoms with E-state index >= 15 is 0 Å². The van der Waals surface area contributed by atoms with Crippen molar-refractivity contribution in [3.63, 3.8) is 0 Å². The quantitative estimate of drug-likeness (QED) is 0.638. The molecule has 2 fully saturated rings. The molecule has 1 aromatic carbocycles. The zero-order chi connectivity index (χ0) is 17.6. The van der Waals surface area contributed by atoms with Gasteiger partial charge in [-0.05, 0) is 43.6 Å². The van der Waals surface area contributed by atoms with Crippen molar-refractivity contribution in [2.75, 3.05) is 26.2 Å². The van der Waals surface area contributed by atoms with Crippen molar-refractivity contribution in [2.45, 2.75) is 45.1 Å². The summed E-state index contributed by atoms with van der Waals surface area (Å²) in [5.74, 6) is 2.05. The molecule has 1 aliphatic carbocycles. The van der Waals surface area contributed by atoms with Gasteiger partial charge in [-0.15, -0.1) is 0 Å². The molecule has 1 aromatic rings. The van der Waals surface area contributed by atoms with Crippen molar-refractivity contribution in [1.82, 2.24) is 15.5 Å². The van der Waals surface area contributed by atoms with E-state index in [4.69, 9.17) is 0 Å². The molecule has 0 radical (unpaired) electrons. The van der Waals surface area contributed by atoms with E-state index in [1.807, 2.05) is 0 Å². The topological polar surface area (TPSA) is 56.7 Å². The minimum atomic E-state index is 0.0325. The zero-order valence-corrected chi connectivity index (χ0v) is 15.4. The number of guanidine groups is 1. The second-order valence-electron chi connectivity index (χ2n) is 7.24. The molecule has 2 atom stereocenters. The molecule has 1 saturated carbocycles. The van der Waals surface area contributed by atoms with Crippen LogP contribution in [0.2, 0.25) is 0 Å². The smallest absolute Gasteiger partial charge is 0.242 e. The number of benzene rings is 1. The molecule has 1 amide bonds. The van der Waals surface area contributed by atoms with Gasteiger partial charge in [-0.1, -0.05) is 37.3 Å². The van der Waals surface area contributed by atoms with Crippen LogP contribution in [0.1, 0.15) is 44.6 Å². The molecule has 1 saturated heterocycles. The Balaban J connectivity index is 1.59. The highest BCUT2D eigenvalue weighted by molar-refractivity contribution is 5.85. The van der Waals surface area contributed by atoms with E-state index in [0.717, 1.165) is 44.9 Å². The highest BCUT2D eigenvalue weighted by Crippen LogP contribution is 2.32. The van der Waals surface area contributed by atoms with Gasteiger partial charge in [0.25, 0.3) is 0 Å². The lowest BCUT2D eigenvalue weighted by Crippen LogP contribution is -2.48. The first kappa shape index (κ1) is 17.8. The van der Waals surface area contributed by atoms with Crippen molar-refractivity contribution in [2.24, 2.45) is 10.9 Å². The Kier molecular flexibility index (Phi) is 5.95. The number of carbonyl (C=O) groups is 1. The van der Waals surface area contributed by atoms with Gasteiger partial charge >= 0.3 is 0 Å². The van der Waals surface area contributed by atoms with Crippen LogP contribution in [0.4, 0.5) is 0 Å². The van der Waals surface area contributed by atoms with Gasteiger partial charge in [0.2, 0.25) is 5.91 Å². The van der Waals surface area contributed by atoms with E-state index in [0.29, 0.717) is 17.9 Å². The number of carbonyl (C=O) groups excluding carboxylic acids is 1. The number of nitrogens with one attached hydrogen (secondary N) is 2. The third-order valence-electron chi connectivity index (χ3n) is 5.08. The molecular formula is C20H30N4O. The van der Waals surface area contributed by atoms with E-state index in [-0.39, 0.29) is 12.5 Å². The molecule has 25 heavy (non-hydrogen) atoms. The average Bonchev–Trinajstić information content (AvgIpc) is 3.43. The standard InChI is InChI=1S/C20H30N4O/c1-3-21-20(22-13-19(25)23-17-9-10-17)24-12-11-18(15(2)14-24)16-7-5-4-6-8-16/h4-8,15,17-18H,3,9-14H2,1-2H3,(H,21,22)(H,23,25). The summed E-state index contributed by atoms with van der Waals surface area (Å²) < 4.78 is 0. The Morgan fingerprint density at radius 2 is 2.00 bits per heavy atom. The minimum Gasteiger partial charge on any atom is -0.357 e. The molecule has 1 heterocycles. The van der Waals surface area contributed by atoms with Crippen LogP contribution in [0.25, 0.3) is 0 Å². The van der Waals surface area contributed by atoms with Gasteiger partial charge in [-0.3, -0.25) is 4.79 Å². The fraction of sp³-hybridized carbons (Fsp3) is 0.600. The van der Waals surface area contributed by atoms with Gasteiger partial charge in [0.05, 0.1) is 0 Å². The lowest BCUT2D eigenvalue weighted by atomic mass is 9.82. The summed E-state index contributed by atoms with van der Waals surface area (Å²) in [6.45, 7) is 7.35. The first-order valence-electron chi connectivity index (χ1n) is 9.55. The Hall–Kier alpha value is -2.04. The van der Waals surface area contributed by atoms with Gasteiger partial charge in [-0.25, -0.2) is 4.99 Å². The summed E-state index contributed by atoms with van der Waals surface area (Å²) in [6.07, 6.45) is 3.34. The number of amides is 1. The van der Waals surface area contributed by atoms with E-state index in [1.54, 1.807) is 0 Å². The molecule has 5 heteroatoms. The molecular weight excluding hydrogens is 312 g/mol. The maximum Gasteiger partial charge on any atom is 0.242 e. The van der Waals surface area contributed by atoms with Gasteiger partial charge in [0.1, 0.15) is 6.54 Å². The summed E-state index contributed by atoms with van der Waals surface area (Å²) in [7, 11) is 0. The predicted molar refractivity (Wildman–Crippen MR) is 102 cm³/mol. The number of hydrogen-bond donors (Lipinski definition) is 2. The molecule has 0 bridgehead atoms. The Bertz CT molecular complexity index is 597. The molecule has 3 rings (SSSR count). The van der Waals surface area contributed by atoms with Crippen molar-refractivity contribution < 1.29 is 4.79 Å². The van der Waals surface area contributed by atoms with E-state index in [2.05, 4.69) is 64.7 Å². The summed E-state index contributed by atoms with van der Waals surface area (Å²) >= 11 is 0. The van der Waals surface area contributed by atoms with Crippen LogP contribution in [0.5, 0.6) is 0 Å². The first-order valence-corrected chi connectivity index (χ1v) is 9.55. The molecule has 0 spiro atoms. The Morgan fingerprint density at radius 3 is 2.64 bits per heavy atom. The maximum atomic E-state index is 11.9. The molecule has 2 unspecified atom stereocenters. The van der Waals surface area contributed by atoms with Crippen molar-refractivity contribution >= 4 is 11.9 Å². The van der Waals surface area contributed by atoms with Crippen molar-refractivity contribution in [3.05, 3.63) is 35.9 Å². The monoisotopic (exact) mass is 342 g/mol. The number of nitrogens with zero attached hydrogens (tertiary/aromatic N) is 2. The molecule has 1 aliphatic heterocycles. The lowest BCUT2D eigenvalue weighted by molar-refractivity contribution is -0.119. The average molecular weight is 342 g/mol. The van der Waals surface area contributed by atoms with Crippen molar-refractivity contribution in [1.29, 1.82) is 0 Å². The zero-order valence-electron chi connectivity index (χ0n) is 15.4. The van der Waals surface area contributed by atoms with Crippen molar-refractivity contribution in [3.8, 4) is 0 Å². The minimum absolute atomic E-state index is 0.0325. The fourth-order valence-corrected chi connectivity index (χ4v) is 3.61. The summed E-state index contributed by atoms with van der Waals surface area (Å²) in [5.41, 5.74) is 1.43. The SMILES string of the molecule is CCNC(=NCC(=O)NC1CC1)N1CCC(c2ccccc2)C(C)C1. The van der Waals surface area contributed by atoms with Gasteiger partial charge < -0.3 is 15.5 Å². The fourth-order valence-electron chi connectivity index (χ4n) is 3.61. The number of likely N-dealkylation sites (tertiary alicyclic amines) is 1. The molecule has 2 N–H and O–H groups in total. The van der Waals surface area contributed by atoms with Crippen LogP contribution in [-0.2, 0) is 4.79 Å². The van der Waals surface area contributed by atoms with Gasteiger partial charge in [0, 0.05) is 25.7 Å². The third-order valence-corrected chi connectivity index (χ3v) is 5.08. The predicted octanol–water partition coefficient (Wildman–Crippen LogP) is 2.36. The van der Waals surface area contributed by atoms with E-state index in [1.165, 1.54) is 5.56 Å². The molecule has 136 valence electrons. The molecule has 5 nitrogen and oxygen atoms in total. The maximum absolute atomic E-state index is 11.9. The van der Waals surface area contributed by atoms with Crippen LogP contribution in [0, 0.1) is 5.92 Å². The number of hydrogen-bond acceptors (Lipinski definition) is 2. The highest BCUT2D eigenvalue weighted by atomic mass is 16.2.